The molecule has 1 amide bonds. The molecule has 0 heterocycles. The van der Waals surface area contributed by atoms with E-state index in [1.807, 2.05) is 6.92 Å². The van der Waals surface area contributed by atoms with E-state index < -0.39 is 0 Å². The third-order valence-electron chi connectivity index (χ3n) is 1.78. The normalized spacial score (nSPS) is 16.5. The molecular weight excluding hydrogens is 140 g/mol. The molecular formula is C8H16N2O. The quantitative estimate of drug-likeness (QED) is 0.561. The van der Waals surface area contributed by atoms with E-state index in [4.69, 9.17) is 0 Å². The third kappa shape index (κ3) is 3.98. The highest BCUT2D eigenvalue weighted by molar-refractivity contribution is 5.75. The third-order valence-corrected chi connectivity index (χ3v) is 1.78. The number of rotatable bonds is 5. The first-order valence-electron chi connectivity index (χ1n) is 4.33. The topological polar surface area (TPSA) is 41.1 Å². The molecule has 1 saturated carbocycles. The number of hydrogen-bond donors (Lipinski definition) is 2. The average Bonchev–Trinajstić information content (AvgIpc) is 2.81. The molecule has 0 saturated heterocycles. The van der Waals surface area contributed by atoms with Gasteiger partial charge < -0.3 is 10.6 Å². The van der Waals surface area contributed by atoms with Gasteiger partial charge in [0.25, 0.3) is 0 Å². The molecule has 1 fully saturated rings. The van der Waals surface area contributed by atoms with Gasteiger partial charge in [0.15, 0.2) is 0 Å². The van der Waals surface area contributed by atoms with Crippen molar-refractivity contribution in [3.05, 3.63) is 0 Å². The highest BCUT2D eigenvalue weighted by atomic mass is 16.1. The second kappa shape index (κ2) is 4.34. The van der Waals surface area contributed by atoms with E-state index in [9.17, 15) is 4.79 Å². The van der Waals surface area contributed by atoms with Gasteiger partial charge in [-0.25, -0.2) is 0 Å². The monoisotopic (exact) mass is 156 g/mol. The first-order valence-corrected chi connectivity index (χ1v) is 4.33. The Balaban J connectivity index is 1.82. The number of hydrogen-bond acceptors (Lipinski definition) is 2. The fourth-order valence-corrected chi connectivity index (χ4v) is 0.891. The Hall–Kier alpha value is -0.570. The highest BCUT2D eigenvalue weighted by Gasteiger charge is 2.19. The first kappa shape index (κ1) is 8.53. The first-order chi connectivity index (χ1) is 5.33. The summed E-state index contributed by atoms with van der Waals surface area (Å²) >= 11 is 0. The van der Waals surface area contributed by atoms with Gasteiger partial charge in [0.1, 0.15) is 0 Å². The zero-order valence-electron chi connectivity index (χ0n) is 7.02. The van der Waals surface area contributed by atoms with Crippen molar-refractivity contribution < 1.29 is 4.79 Å². The van der Waals surface area contributed by atoms with E-state index in [1.54, 1.807) is 0 Å². The van der Waals surface area contributed by atoms with E-state index in [0.29, 0.717) is 6.42 Å². The molecule has 1 aliphatic carbocycles. The van der Waals surface area contributed by atoms with Gasteiger partial charge in [0.05, 0.1) is 0 Å². The van der Waals surface area contributed by atoms with Crippen molar-refractivity contribution in [1.82, 2.24) is 10.6 Å². The fraction of sp³-hybridized carbons (Fsp3) is 0.875. The van der Waals surface area contributed by atoms with E-state index >= 15 is 0 Å². The largest absolute Gasteiger partial charge is 0.355 e. The summed E-state index contributed by atoms with van der Waals surface area (Å²) < 4.78 is 0. The Morgan fingerprint density at radius 1 is 1.45 bits per heavy atom. The van der Waals surface area contributed by atoms with E-state index in [2.05, 4.69) is 10.6 Å². The molecule has 0 atom stereocenters. The van der Waals surface area contributed by atoms with Crippen LogP contribution in [-0.2, 0) is 4.79 Å². The molecule has 0 bridgehead atoms. The van der Waals surface area contributed by atoms with Crippen LogP contribution in [0.5, 0.6) is 0 Å². The lowest BCUT2D eigenvalue weighted by atomic mass is 10.4. The summed E-state index contributed by atoms with van der Waals surface area (Å²) in [4.78, 5) is 10.7. The van der Waals surface area contributed by atoms with Crippen LogP contribution in [0, 0.1) is 0 Å². The Morgan fingerprint density at radius 3 is 2.73 bits per heavy atom. The van der Waals surface area contributed by atoms with Crippen molar-refractivity contribution in [3.63, 3.8) is 0 Å². The molecule has 0 aromatic carbocycles. The fourth-order valence-electron chi connectivity index (χ4n) is 0.891. The molecule has 0 spiro atoms. The predicted molar refractivity (Wildman–Crippen MR) is 44.3 cm³/mol. The molecule has 0 aliphatic heterocycles. The minimum Gasteiger partial charge on any atom is -0.355 e. The van der Waals surface area contributed by atoms with Crippen molar-refractivity contribution in [2.24, 2.45) is 0 Å². The van der Waals surface area contributed by atoms with Crippen molar-refractivity contribution in [2.45, 2.75) is 32.2 Å². The lowest BCUT2D eigenvalue weighted by Crippen LogP contribution is -2.32. The summed E-state index contributed by atoms with van der Waals surface area (Å²) in [6, 6.07) is 0.744. The van der Waals surface area contributed by atoms with Crippen LogP contribution in [0.3, 0.4) is 0 Å². The van der Waals surface area contributed by atoms with Crippen molar-refractivity contribution in [2.75, 3.05) is 13.1 Å². The minimum absolute atomic E-state index is 0.141. The van der Waals surface area contributed by atoms with Crippen LogP contribution < -0.4 is 10.6 Å². The van der Waals surface area contributed by atoms with Gasteiger partial charge in [-0.15, -0.1) is 0 Å². The lowest BCUT2D eigenvalue weighted by molar-refractivity contribution is -0.120. The van der Waals surface area contributed by atoms with Crippen molar-refractivity contribution in [1.29, 1.82) is 0 Å². The molecule has 0 unspecified atom stereocenters. The standard InChI is InChI=1S/C8H16N2O/c1-2-8(11)10-6-5-9-7-3-4-7/h7,9H,2-6H2,1H3,(H,10,11). The maximum atomic E-state index is 10.7. The van der Waals surface area contributed by atoms with Crippen LogP contribution in [0.1, 0.15) is 26.2 Å². The Labute approximate surface area is 67.5 Å². The molecule has 11 heavy (non-hydrogen) atoms. The van der Waals surface area contributed by atoms with Crippen LogP contribution in [0.2, 0.25) is 0 Å². The van der Waals surface area contributed by atoms with Crippen molar-refractivity contribution >= 4 is 5.91 Å². The van der Waals surface area contributed by atoms with Gasteiger partial charge in [0.2, 0.25) is 5.91 Å². The van der Waals surface area contributed by atoms with Crippen LogP contribution >= 0.6 is 0 Å². The van der Waals surface area contributed by atoms with Crippen LogP contribution in [0.4, 0.5) is 0 Å². The Morgan fingerprint density at radius 2 is 2.18 bits per heavy atom. The minimum atomic E-state index is 0.141. The Bertz CT molecular complexity index is 132. The second-order valence-electron chi connectivity index (χ2n) is 2.93. The summed E-state index contributed by atoms with van der Waals surface area (Å²) in [5.41, 5.74) is 0. The van der Waals surface area contributed by atoms with Gasteiger partial charge in [-0.1, -0.05) is 6.92 Å². The average molecular weight is 156 g/mol. The molecule has 3 nitrogen and oxygen atoms in total. The molecule has 1 aliphatic rings. The smallest absolute Gasteiger partial charge is 0.219 e. The van der Waals surface area contributed by atoms with Crippen molar-refractivity contribution in [3.8, 4) is 0 Å². The molecule has 0 aromatic rings. The van der Waals surface area contributed by atoms with E-state index in [0.717, 1.165) is 19.1 Å². The highest BCUT2D eigenvalue weighted by Crippen LogP contribution is 2.17. The number of amides is 1. The van der Waals surface area contributed by atoms with Gasteiger partial charge in [0, 0.05) is 25.6 Å². The molecule has 0 aromatic heterocycles. The zero-order valence-corrected chi connectivity index (χ0v) is 7.02. The van der Waals surface area contributed by atoms with Gasteiger partial charge in [-0.2, -0.15) is 0 Å². The van der Waals surface area contributed by atoms with Crippen LogP contribution in [0.25, 0.3) is 0 Å². The van der Waals surface area contributed by atoms with Gasteiger partial charge in [-0.05, 0) is 12.8 Å². The molecule has 2 N–H and O–H groups in total. The molecule has 64 valence electrons. The summed E-state index contributed by atoms with van der Waals surface area (Å²) in [6.07, 6.45) is 3.20. The maximum Gasteiger partial charge on any atom is 0.219 e. The summed E-state index contributed by atoms with van der Waals surface area (Å²) in [6.45, 7) is 3.54. The molecule has 3 heteroatoms. The van der Waals surface area contributed by atoms with E-state index in [1.165, 1.54) is 12.8 Å². The van der Waals surface area contributed by atoms with E-state index in [-0.39, 0.29) is 5.91 Å². The lowest BCUT2D eigenvalue weighted by Gasteiger charge is -2.03. The molecule has 1 rings (SSSR count). The van der Waals surface area contributed by atoms with Gasteiger partial charge >= 0.3 is 0 Å². The summed E-state index contributed by atoms with van der Waals surface area (Å²) in [5.74, 6) is 0.141. The Kier molecular flexibility index (Phi) is 3.36. The zero-order chi connectivity index (χ0) is 8.10. The summed E-state index contributed by atoms with van der Waals surface area (Å²) in [7, 11) is 0. The number of carbonyl (C=O) groups is 1. The van der Waals surface area contributed by atoms with Gasteiger partial charge in [-0.3, -0.25) is 4.79 Å². The van der Waals surface area contributed by atoms with Crippen LogP contribution in [0.15, 0.2) is 0 Å². The predicted octanol–water partition coefficient (Wildman–Crippen LogP) is 0.265. The molecule has 0 radical (unpaired) electrons. The van der Waals surface area contributed by atoms with Crippen LogP contribution in [-0.4, -0.2) is 25.0 Å². The maximum absolute atomic E-state index is 10.7. The number of nitrogens with one attached hydrogen (secondary N) is 2. The number of carbonyl (C=O) groups excluding carboxylic acids is 1. The summed E-state index contributed by atoms with van der Waals surface area (Å²) in [5, 5.41) is 6.14. The second-order valence-corrected chi connectivity index (χ2v) is 2.93. The SMILES string of the molecule is CCC(=O)NCCNC1CC1.